The molecule has 0 aliphatic carbocycles. The number of nitriles is 1. The second-order valence-corrected chi connectivity index (χ2v) is 4.95. The second-order valence-electron chi connectivity index (χ2n) is 4.03. The summed E-state index contributed by atoms with van der Waals surface area (Å²) in [6.45, 7) is 0. The van der Waals surface area contributed by atoms with Gasteiger partial charge in [-0.1, -0.05) is 46.3 Å². The van der Waals surface area contributed by atoms with E-state index in [0.717, 1.165) is 0 Å². The molecular formula is C16H9BrFNO. The normalized spacial score (nSPS) is 10.9. The first-order valence-corrected chi connectivity index (χ1v) is 6.57. The molecule has 0 radical (unpaired) electrons. The van der Waals surface area contributed by atoms with Crippen LogP contribution < -0.4 is 0 Å². The number of carbonyl (C=O) groups excluding carboxylic acids is 1. The molecule has 2 aromatic carbocycles. The summed E-state index contributed by atoms with van der Waals surface area (Å²) in [4.78, 5) is 12.2. The highest BCUT2D eigenvalue weighted by Gasteiger charge is 2.12. The van der Waals surface area contributed by atoms with E-state index in [0.29, 0.717) is 10.0 Å². The van der Waals surface area contributed by atoms with E-state index in [1.165, 1.54) is 18.2 Å². The maximum Gasteiger partial charge on any atom is 0.203 e. The minimum atomic E-state index is -0.484. The van der Waals surface area contributed by atoms with Crippen molar-refractivity contribution in [2.75, 3.05) is 0 Å². The standard InChI is InChI=1S/C16H9BrFNO/c17-14-6-7-15(18)12(9-14)8-13(10-19)16(20)11-4-2-1-3-5-11/h1-9H/b13-8+. The van der Waals surface area contributed by atoms with Crippen LogP contribution in [0.2, 0.25) is 0 Å². The SMILES string of the molecule is N#C/C(=C\c1cc(Br)ccc1F)C(=O)c1ccccc1. The van der Waals surface area contributed by atoms with Crippen molar-refractivity contribution in [1.29, 1.82) is 5.26 Å². The zero-order valence-electron chi connectivity index (χ0n) is 10.3. The number of ketones is 1. The Morgan fingerprint density at radius 1 is 1.20 bits per heavy atom. The lowest BCUT2D eigenvalue weighted by molar-refractivity contribution is 0.104. The van der Waals surface area contributed by atoms with Crippen molar-refractivity contribution in [3.63, 3.8) is 0 Å². The van der Waals surface area contributed by atoms with Crippen LogP contribution in [-0.2, 0) is 0 Å². The quantitative estimate of drug-likeness (QED) is 0.476. The van der Waals surface area contributed by atoms with E-state index in [1.54, 1.807) is 36.4 Å². The van der Waals surface area contributed by atoms with Crippen LogP contribution in [0.5, 0.6) is 0 Å². The number of carbonyl (C=O) groups is 1. The van der Waals surface area contributed by atoms with E-state index in [-0.39, 0.29) is 11.1 Å². The Balaban J connectivity index is 2.43. The molecule has 0 N–H and O–H groups in total. The van der Waals surface area contributed by atoms with Gasteiger partial charge in [-0.05, 0) is 24.3 Å². The van der Waals surface area contributed by atoms with Crippen molar-refractivity contribution in [1.82, 2.24) is 0 Å². The predicted molar refractivity (Wildman–Crippen MR) is 78.5 cm³/mol. The summed E-state index contributed by atoms with van der Waals surface area (Å²) in [7, 11) is 0. The van der Waals surface area contributed by atoms with Gasteiger partial charge < -0.3 is 0 Å². The Labute approximate surface area is 124 Å². The van der Waals surface area contributed by atoms with Gasteiger partial charge in [0.25, 0.3) is 0 Å². The summed E-state index contributed by atoms with van der Waals surface area (Å²) >= 11 is 3.23. The largest absolute Gasteiger partial charge is 0.288 e. The van der Waals surface area contributed by atoms with Crippen molar-refractivity contribution in [2.24, 2.45) is 0 Å². The first kappa shape index (κ1) is 14.2. The average molecular weight is 330 g/mol. The molecule has 4 heteroatoms. The van der Waals surface area contributed by atoms with Gasteiger partial charge in [0.2, 0.25) is 5.78 Å². The molecule has 0 amide bonds. The van der Waals surface area contributed by atoms with Gasteiger partial charge in [-0.2, -0.15) is 5.26 Å². The van der Waals surface area contributed by atoms with Crippen molar-refractivity contribution in [3.05, 3.63) is 75.5 Å². The van der Waals surface area contributed by atoms with Crippen LogP contribution in [0.3, 0.4) is 0 Å². The number of rotatable bonds is 3. The monoisotopic (exact) mass is 329 g/mol. The molecule has 2 nitrogen and oxygen atoms in total. The zero-order valence-corrected chi connectivity index (χ0v) is 11.9. The smallest absolute Gasteiger partial charge is 0.203 e. The number of hydrogen-bond acceptors (Lipinski definition) is 2. The molecule has 0 heterocycles. The maximum atomic E-state index is 13.6. The van der Waals surface area contributed by atoms with Crippen LogP contribution in [0.1, 0.15) is 15.9 Å². The molecule has 2 rings (SSSR count). The van der Waals surface area contributed by atoms with E-state index < -0.39 is 11.6 Å². The number of nitrogens with zero attached hydrogens (tertiary/aromatic N) is 1. The van der Waals surface area contributed by atoms with Gasteiger partial charge in [0.15, 0.2) is 0 Å². The highest BCUT2D eigenvalue weighted by atomic mass is 79.9. The number of Topliss-reactive ketones (excluding diaryl/α,β-unsaturated/α-hetero) is 1. The van der Waals surface area contributed by atoms with Gasteiger partial charge in [-0.3, -0.25) is 4.79 Å². The lowest BCUT2D eigenvalue weighted by Crippen LogP contribution is -2.01. The van der Waals surface area contributed by atoms with Crippen LogP contribution in [0.4, 0.5) is 4.39 Å². The Morgan fingerprint density at radius 2 is 1.90 bits per heavy atom. The Bertz CT molecular complexity index is 717. The van der Waals surface area contributed by atoms with Crippen LogP contribution in [0.25, 0.3) is 6.08 Å². The average Bonchev–Trinajstić information content (AvgIpc) is 2.48. The first-order chi connectivity index (χ1) is 9.61. The number of allylic oxidation sites excluding steroid dienone is 1. The third kappa shape index (κ3) is 3.19. The van der Waals surface area contributed by atoms with Gasteiger partial charge in [-0.25, -0.2) is 4.39 Å². The summed E-state index contributed by atoms with van der Waals surface area (Å²) in [5.74, 6) is -0.908. The second kappa shape index (κ2) is 6.27. The van der Waals surface area contributed by atoms with Crippen molar-refractivity contribution >= 4 is 27.8 Å². The fourth-order valence-electron chi connectivity index (χ4n) is 1.67. The van der Waals surface area contributed by atoms with Crippen LogP contribution >= 0.6 is 15.9 Å². The molecule has 0 bridgehead atoms. The Hall–Kier alpha value is -2.25. The molecule has 0 saturated heterocycles. The van der Waals surface area contributed by atoms with Crippen molar-refractivity contribution in [3.8, 4) is 6.07 Å². The first-order valence-electron chi connectivity index (χ1n) is 5.78. The van der Waals surface area contributed by atoms with Crippen molar-refractivity contribution < 1.29 is 9.18 Å². The maximum absolute atomic E-state index is 13.6. The molecule has 98 valence electrons. The molecule has 0 aromatic heterocycles. The van der Waals surface area contributed by atoms with E-state index in [4.69, 9.17) is 5.26 Å². The van der Waals surface area contributed by atoms with E-state index in [2.05, 4.69) is 15.9 Å². The number of halogens is 2. The molecule has 20 heavy (non-hydrogen) atoms. The number of benzene rings is 2. The highest BCUT2D eigenvalue weighted by molar-refractivity contribution is 9.10. The zero-order chi connectivity index (χ0) is 14.5. The molecule has 0 aliphatic rings. The lowest BCUT2D eigenvalue weighted by Gasteiger charge is -2.01. The van der Waals surface area contributed by atoms with Gasteiger partial charge in [0, 0.05) is 15.6 Å². The summed E-state index contributed by atoms with van der Waals surface area (Å²) in [5.41, 5.74) is 0.490. The lowest BCUT2D eigenvalue weighted by atomic mass is 10.0. The van der Waals surface area contributed by atoms with E-state index >= 15 is 0 Å². The third-order valence-corrected chi connectivity index (χ3v) is 3.15. The molecule has 0 atom stereocenters. The third-order valence-electron chi connectivity index (χ3n) is 2.66. The molecule has 2 aromatic rings. The van der Waals surface area contributed by atoms with Crippen LogP contribution in [0, 0.1) is 17.1 Å². The van der Waals surface area contributed by atoms with Gasteiger partial charge >= 0.3 is 0 Å². The minimum Gasteiger partial charge on any atom is -0.288 e. The topological polar surface area (TPSA) is 40.9 Å². The molecular weight excluding hydrogens is 321 g/mol. The predicted octanol–water partition coefficient (Wildman–Crippen LogP) is 4.38. The summed E-state index contributed by atoms with van der Waals surface area (Å²) in [5, 5.41) is 9.11. The van der Waals surface area contributed by atoms with E-state index in [1.807, 2.05) is 6.07 Å². The van der Waals surface area contributed by atoms with Crippen molar-refractivity contribution in [2.45, 2.75) is 0 Å². The van der Waals surface area contributed by atoms with E-state index in [9.17, 15) is 9.18 Å². The summed E-state index contributed by atoms with van der Waals surface area (Å²) < 4.78 is 14.3. The number of hydrogen-bond donors (Lipinski definition) is 0. The Kier molecular flexibility index (Phi) is 4.44. The van der Waals surface area contributed by atoms with Gasteiger partial charge in [-0.15, -0.1) is 0 Å². The summed E-state index contributed by atoms with van der Waals surface area (Å²) in [6, 6.07) is 14.6. The fourth-order valence-corrected chi connectivity index (χ4v) is 2.05. The molecule has 0 aliphatic heterocycles. The van der Waals surface area contributed by atoms with Crippen LogP contribution in [0.15, 0.2) is 58.6 Å². The van der Waals surface area contributed by atoms with Gasteiger partial charge in [0.1, 0.15) is 17.5 Å². The van der Waals surface area contributed by atoms with Crippen LogP contribution in [-0.4, -0.2) is 5.78 Å². The highest BCUT2D eigenvalue weighted by Crippen LogP contribution is 2.19. The summed E-state index contributed by atoms with van der Waals surface area (Å²) in [6.07, 6.45) is 1.26. The fraction of sp³-hybridized carbons (Fsp3) is 0. The molecule has 0 unspecified atom stereocenters. The minimum absolute atomic E-state index is 0.104. The molecule has 0 spiro atoms. The van der Waals surface area contributed by atoms with Gasteiger partial charge in [0.05, 0.1) is 0 Å². The Morgan fingerprint density at radius 3 is 2.55 bits per heavy atom. The molecule has 0 fully saturated rings. The molecule has 0 saturated carbocycles.